The van der Waals surface area contributed by atoms with Crippen molar-refractivity contribution in [1.29, 1.82) is 0 Å². The summed E-state index contributed by atoms with van der Waals surface area (Å²) in [6.45, 7) is 3.95. The number of hydrogen-bond donors (Lipinski definition) is 1. The first kappa shape index (κ1) is 14.9. The van der Waals surface area contributed by atoms with E-state index in [-0.39, 0.29) is 11.9 Å². The highest BCUT2D eigenvalue weighted by Gasteiger charge is 2.48. The number of carbonyl (C=O) groups excluding carboxylic acids is 1. The zero-order valence-corrected chi connectivity index (χ0v) is 12.2. The Bertz CT molecular complexity index is 541. The maximum atomic E-state index is 12.1. The number of ketones is 1. The van der Waals surface area contributed by atoms with Gasteiger partial charge in [-0.05, 0) is 38.0 Å². The molecule has 20 heavy (non-hydrogen) atoms. The average Bonchev–Trinajstić information content (AvgIpc) is 3.20. The van der Waals surface area contributed by atoms with Crippen LogP contribution in [0.3, 0.4) is 0 Å². The van der Waals surface area contributed by atoms with E-state index in [1.165, 1.54) is 0 Å². The standard InChI is InChI=1S/C15H17ClO4/c1-3-8(2)20-13-5-4-9(6-12(13)16)14(17)10-7-11(10)15(18)19/h4-6,8,10-11H,3,7H2,1-2H3,(H,18,19)/t8-,10+,11+/m1/s1. The summed E-state index contributed by atoms with van der Waals surface area (Å²) in [5.74, 6) is -1.48. The van der Waals surface area contributed by atoms with Gasteiger partial charge in [0.25, 0.3) is 0 Å². The number of rotatable bonds is 6. The van der Waals surface area contributed by atoms with Gasteiger partial charge in [-0.3, -0.25) is 9.59 Å². The molecule has 1 fully saturated rings. The fourth-order valence-corrected chi connectivity index (χ4v) is 2.25. The molecule has 0 saturated heterocycles. The SMILES string of the molecule is CC[C@@H](C)Oc1ccc(C(=O)[C@H]2C[C@@H]2C(=O)O)cc1Cl. The molecule has 1 aliphatic rings. The van der Waals surface area contributed by atoms with E-state index in [1.54, 1.807) is 18.2 Å². The Morgan fingerprint density at radius 2 is 2.15 bits per heavy atom. The summed E-state index contributed by atoms with van der Waals surface area (Å²) >= 11 is 6.11. The molecular weight excluding hydrogens is 280 g/mol. The Hall–Kier alpha value is -1.55. The Balaban J connectivity index is 2.09. The highest BCUT2D eigenvalue weighted by molar-refractivity contribution is 6.32. The molecule has 1 aromatic rings. The van der Waals surface area contributed by atoms with Gasteiger partial charge >= 0.3 is 5.97 Å². The molecule has 0 heterocycles. The molecular formula is C15H17ClO4. The molecule has 1 aliphatic carbocycles. The minimum Gasteiger partial charge on any atom is -0.489 e. The van der Waals surface area contributed by atoms with Crippen LogP contribution in [0, 0.1) is 11.8 Å². The summed E-state index contributed by atoms with van der Waals surface area (Å²) in [7, 11) is 0. The quantitative estimate of drug-likeness (QED) is 0.817. The number of benzene rings is 1. The number of Topliss-reactive ketones (excluding diaryl/α,β-unsaturated/α-hetero) is 1. The third kappa shape index (κ3) is 3.12. The molecule has 1 saturated carbocycles. The molecule has 0 aliphatic heterocycles. The molecule has 3 atom stereocenters. The first-order valence-corrected chi connectivity index (χ1v) is 7.05. The van der Waals surface area contributed by atoms with Gasteiger partial charge in [-0.2, -0.15) is 0 Å². The number of hydrogen-bond acceptors (Lipinski definition) is 3. The Morgan fingerprint density at radius 1 is 1.45 bits per heavy atom. The van der Waals surface area contributed by atoms with Gasteiger partial charge in [-0.25, -0.2) is 0 Å². The number of halogens is 1. The Morgan fingerprint density at radius 3 is 2.65 bits per heavy atom. The van der Waals surface area contributed by atoms with Crippen LogP contribution >= 0.6 is 11.6 Å². The lowest BCUT2D eigenvalue weighted by Crippen LogP contribution is -2.11. The molecule has 2 rings (SSSR count). The van der Waals surface area contributed by atoms with Gasteiger partial charge in [0.05, 0.1) is 17.0 Å². The van der Waals surface area contributed by atoms with E-state index < -0.39 is 17.8 Å². The lowest BCUT2D eigenvalue weighted by Gasteiger charge is -2.14. The predicted octanol–water partition coefficient (Wildman–Crippen LogP) is 3.42. The second-order valence-electron chi connectivity index (χ2n) is 5.13. The number of carbonyl (C=O) groups is 2. The van der Waals surface area contributed by atoms with Crippen molar-refractivity contribution in [2.24, 2.45) is 11.8 Å². The van der Waals surface area contributed by atoms with Gasteiger partial charge in [0.15, 0.2) is 5.78 Å². The zero-order chi connectivity index (χ0) is 14.9. The summed E-state index contributed by atoms with van der Waals surface area (Å²) in [6, 6.07) is 4.86. The molecule has 4 nitrogen and oxygen atoms in total. The predicted molar refractivity (Wildman–Crippen MR) is 75.4 cm³/mol. The molecule has 0 spiro atoms. The minimum atomic E-state index is -0.911. The van der Waals surface area contributed by atoms with Gasteiger partial charge in [0.2, 0.25) is 0 Å². The number of ether oxygens (including phenoxy) is 1. The number of carboxylic acids is 1. The smallest absolute Gasteiger partial charge is 0.307 e. The van der Waals surface area contributed by atoms with E-state index in [0.29, 0.717) is 22.8 Å². The number of carboxylic acid groups (broad SMARTS) is 1. The lowest BCUT2D eigenvalue weighted by molar-refractivity contribution is -0.138. The van der Waals surface area contributed by atoms with Gasteiger partial charge < -0.3 is 9.84 Å². The van der Waals surface area contributed by atoms with Crippen LogP contribution in [0.25, 0.3) is 0 Å². The molecule has 5 heteroatoms. The summed E-state index contributed by atoms with van der Waals surface area (Å²) < 4.78 is 5.63. The van der Waals surface area contributed by atoms with E-state index in [1.807, 2.05) is 13.8 Å². The Labute approximate surface area is 122 Å². The van der Waals surface area contributed by atoms with Gasteiger partial charge in [0.1, 0.15) is 5.75 Å². The van der Waals surface area contributed by atoms with Crippen LogP contribution < -0.4 is 4.74 Å². The molecule has 0 bridgehead atoms. The monoisotopic (exact) mass is 296 g/mol. The molecule has 1 N–H and O–H groups in total. The van der Waals surface area contributed by atoms with Crippen LogP contribution in [0.5, 0.6) is 5.75 Å². The van der Waals surface area contributed by atoms with Gasteiger partial charge in [-0.1, -0.05) is 18.5 Å². The third-order valence-corrected chi connectivity index (χ3v) is 3.86. The highest BCUT2D eigenvalue weighted by Crippen LogP contribution is 2.41. The van der Waals surface area contributed by atoms with Crippen LogP contribution in [-0.4, -0.2) is 23.0 Å². The average molecular weight is 297 g/mol. The van der Waals surface area contributed by atoms with Gasteiger partial charge in [-0.15, -0.1) is 0 Å². The molecule has 1 aromatic carbocycles. The summed E-state index contributed by atoms with van der Waals surface area (Å²) in [5, 5.41) is 9.22. The zero-order valence-electron chi connectivity index (χ0n) is 11.4. The first-order valence-electron chi connectivity index (χ1n) is 6.67. The van der Waals surface area contributed by atoms with Crippen LogP contribution in [0.2, 0.25) is 5.02 Å². The summed E-state index contributed by atoms with van der Waals surface area (Å²) in [6.07, 6.45) is 1.32. The van der Waals surface area contributed by atoms with Crippen molar-refractivity contribution < 1.29 is 19.4 Å². The van der Waals surface area contributed by atoms with Crippen molar-refractivity contribution in [1.82, 2.24) is 0 Å². The van der Waals surface area contributed by atoms with Crippen molar-refractivity contribution in [3.05, 3.63) is 28.8 Å². The second-order valence-corrected chi connectivity index (χ2v) is 5.54. The van der Waals surface area contributed by atoms with Crippen molar-refractivity contribution in [2.75, 3.05) is 0 Å². The van der Waals surface area contributed by atoms with Crippen LogP contribution in [0.15, 0.2) is 18.2 Å². The van der Waals surface area contributed by atoms with Crippen LogP contribution in [0.1, 0.15) is 37.0 Å². The van der Waals surface area contributed by atoms with Crippen molar-refractivity contribution >= 4 is 23.4 Å². The van der Waals surface area contributed by atoms with Crippen LogP contribution in [0.4, 0.5) is 0 Å². The van der Waals surface area contributed by atoms with E-state index in [0.717, 1.165) is 6.42 Å². The van der Waals surface area contributed by atoms with E-state index in [2.05, 4.69) is 0 Å². The first-order chi connectivity index (χ1) is 9.43. The van der Waals surface area contributed by atoms with Crippen LogP contribution in [-0.2, 0) is 4.79 Å². The molecule has 0 radical (unpaired) electrons. The third-order valence-electron chi connectivity index (χ3n) is 3.56. The van der Waals surface area contributed by atoms with Crippen molar-refractivity contribution in [3.8, 4) is 5.75 Å². The van der Waals surface area contributed by atoms with Crippen molar-refractivity contribution in [3.63, 3.8) is 0 Å². The maximum Gasteiger partial charge on any atom is 0.307 e. The van der Waals surface area contributed by atoms with E-state index >= 15 is 0 Å². The highest BCUT2D eigenvalue weighted by atomic mass is 35.5. The van der Waals surface area contributed by atoms with Crippen molar-refractivity contribution in [2.45, 2.75) is 32.8 Å². The molecule has 108 valence electrons. The maximum absolute atomic E-state index is 12.1. The largest absolute Gasteiger partial charge is 0.489 e. The summed E-state index contributed by atoms with van der Waals surface area (Å²) in [4.78, 5) is 22.9. The number of aliphatic carboxylic acids is 1. The summed E-state index contributed by atoms with van der Waals surface area (Å²) in [5.41, 5.74) is 0.445. The normalized spacial score (nSPS) is 22.1. The van der Waals surface area contributed by atoms with Gasteiger partial charge in [0, 0.05) is 11.5 Å². The van der Waals surface area contributed by atoms with E-state index in [9.17, 15) is 9.59 Å². The lowest BCUT2D eigenvalue weighted by atomic mass is 10.1. The molecule has 0 unspecified atom stereocenters. The fourth-order valence-electron chi connectivity index (χ4n) is 2.02. The fraction of sp³-hybridized carbons (Fsp3) is 0.467. The second kappa shape index (κ2) is 5.83. The minimum absolute atomic E-state index is 0.0499. The van der Waals surface area contributed by atoms with E-state index in [4.69, 9.17) is 21.4 Å². The molecule has 0 amide bonds. The topological polar surface area (TPSA) is 63.6 Å². The Kier molecular flexibility index (Phi) is 4.33. The molecule has 0 aromatic heterocycles.